The van der Waals surface area contributed by atoms with Crippen LogP contribution in [0.5, 0.6) is 5.75 Å². The highest BCUT2D eigenvalue weighted by atomic mass is 35.5. The van der Waals surface area contributed by atoms with Crippen molar-refractivity contribution in [1.29, 1.82) is 0 Å². The molecule has 24 heavy (non-hydrogen) atoms. The Morgan fingerprint density at radius 3 is 2.67 bits per heavy atom. The molecule has 1 heterocycles. The average molecular weight is 369 g/mol. The zero-order valence-electron chi connectivity index (χ0n) is 12.8. The van der Waals surface area contributed by atoms with Gasteiger partial charge in [0.15, 0.2) is 6.61 Å². The molecule has 9 heteroatoms. The summed E-state index contributed by atoms with van der Waals surface area (Å²) in [6.07, 6.45) is -2.99. The van der Waals surface area contributed by atoms with Gasteiger partial charge in [-0.05, 0) is 30.9 Å². The average Bonchev–Trinajstić information content (AvgIpc) is 2.53. The lowest BCUT2D eigenvalue weighted by molar-refractivity contribution is -0.153. The molecular weight excluding hydrogens is 349 g/mol. The van der Waals surface area contributed by atoms with Gasteiger partial charge in [-0.25, -0.2) is 0 Å². The van der Waals surface area contributed by atoms with Gasteiger partial charge in [0.05, 0.1) is 6.04 Å². The lowest BCUT2D eigenvalue weighted by Gasteiger charge is -2.26. The van der Waals surface area contributed by atoms with Crippen molar-refractivity contribution in [3.63, 3.8) is 0 Å². The van der Waals surface area contributed by atoms with Crippen molar-refractivity contribution in [3.8, 4) is 5.75 Å². The number of amides is 1. The Kier molecular flexibility index (Phi) is 7.78. The van der Waals surface area contributed by atoms with Crippen LogP contribution in [-0.4, -0.2) is 37.9 Å². The number of carbonyl (C=O) groups excluding carboxylic acids is 1. The molecule has 1 aromatic carbocycles. The molecular formula is C15H20ClF3N2O3. The minimum absolute atomic E-state index is 0. The van der Waals surface area contributed by atoms with Gasteiger partial charge in [0.25, 0.3) is 0 Å². The maximum Gasteiger partial charge on any atom is 0.422 e. The summed E-state index contributed by atoms with van der Waals surface area (Å²) in [6, 6.07) is 5.11. The fourth-order valence-corrected chi connectivity index (χ4v) is 2.34. The van der Waals surface area contributed by atoms with Crippen LogP contribution in [0.4, 0.5) is 18.9 Å². The van der Waals surface area contributed by atoms with Gasteiger partial charge >= 0.3 is 6.18 Å². The van der Waals surface area contributed by atoms with Gasteiger partial charge in [0.2, 0.25) is 5.91 Å². The number of hydrogen-bond donors (Lipinski definition) is 2. The smallest absolute Gasteiger partial charge is 0.422 e. The van der Waals surface area contributed by atoms with E-state index in [9.17, 15) is 18.0 Å². The maximum absolute atomic E-state index is 12.1. The van der Waals surface area contributed by atoms with Crippen LogP contribution in [0.1, 0.15) is 12.8 Å². The molecule has 0 radical (unpaired) electrons. The normalized spacial score (nSPS) is 16.8. The first kappa shape index (κ1) is 20.5. The largest absolute Gasteiger partial charge is 0.484 e. The van der Waals surface area contributed by atoms with Crippen molar-refractivity contribution in [2.24, 2.45) is 11.7 Å². The second kappa shape index (κ2) is 9.10. The van der Waals surface area contributed by atoms with Crippen molar-refractivity contribution in [2.75, 3.05) is 25.1 Å². The number of alkyl halides is 3. The van der Waals surface area contributed by atoms with E-state index in [0.717, 1.165) is 0 Å². The van der Waals surface area contributed by atoms with Gasteiger partial charge in [-0.1, -0.05) is 6.07 Å². The molecule has 0 spiro atoms. The quantitative estimate of drug-likeness (QED) is 0.838. The maximum atomic E-state index is 12.1. The van der Waals surface area contributed by atoms with E-state index >= 15 is 0 Å². The van der Waals surface area contributed by atoms with Gasteiger partial charge in [0.1, 0.15) is 5.75 Å². The fraction of sp³-hybridized carbons (Fsp3) is 0.533. The van der Waals surface area contributed by atoms with E-state index in [1.54, 1.807) is 6.07 Å². The molecule has 0 aromatic heterocycles. The molecule has 1 saturated heterocycles. The van der Waals surface area contributed by atoms with E-state index in [2.05, 4.69) is 10.1 Å². The lowest BCUT2D eigenvalue weighted by Crippen LogP contribution is -2.44. The van der Waals surface area contributed by atoms with Crippen molar-refractivity contribution in [1.82, 2.24) is 0 Å². The number of halogens is 4. The number of benzene rings is 1. The molecule has 1 aromatic rings. The zero-order valence-corrected chi connectivity index (χ0v) is 13.7. The van der Waals surface area contributed by atoms with Crippen molar-refractivity contribution >= 4 is 24.0 Å². The third kappa shape index (κ3) is 6.54. The Morgan fingerprint density at radius 2 is 2.04 bits per heavy atom. The van der Waals surface area contributed by atoms with E-state index in [1.165, 1.54) is 18.2 Å². The van der Waals surface area contributed by atoms with Gasteiger partial charge in [-0.15, -0.1) is 12.4 Å². The van der Waals surface area contributed by atoms with Gasteiger partial charge in [0, 0.05) is 25.0 Å². The molecule has 136 valence electrons. The monoisotopic (exact) mass is 368 g/mol. The Bertz CT molecular complexity index is 537. The number of nitrogens with one attached hydrogen (secondary N) is 1. The van der Waals surface area contributed by atoms with Gasteiger partial charge in [-0.3, -0.25) is 4.79 Å². The standard InChI is InChI=1S/C15H19F3N2O3.ClH/c16-15(17,18)9-23-12-3-1-2-11(8-12)20-14(21)13(19)10-4-6-22-7-5-10;/h1-3,8,10,13H,4-7,9,19H2,(H,20,21);1H. The van der Waals surface area contributed by atoms with E-state index in [4.69, 9.17) is 10.5 Å². The van der Waals surface area contributed by atoms with Crippen LogP contribution in [0.25, 0.3) is 0 Å². The van der Waals surface area contributed by atoms with Crippen LogP contribution in [-0.2, 0) is 9.53 Å². The predicted octanol–water partition coefficient (Wildman–Crippen LogP) is 2.74. The third-order valence-electron chi connectivity index (χ3n) is 3.58. The summed E-state index contributed by atoms with van der Waals surface area (Å²) < 4.78 is 46.3. The predicted molar refractivity (Wildman–Crippen MR) is 85.4 cm³/mol. The molecule has 0 aliphatic carbocycles. The molecule has 0 bridgehead atoms. The van der Waals surface area contributed by atoms with Crippen LogP contribution < -0.4 is 15.8 Å². The molecule has 3 N–H and O–H groups in total. The Labute approximate surface area is 144 Å². The number of rotatable bonds is 5. The first-order valence-corrected chi connectivity index (χ1v) is 7.29. The number of hydrogen-bond acceptors (Lipinski definition) is 4. The van der Waals surface area contributed by atoms with Crippen LogP contribution in [0.2, 0.25) is 0 Å². The molecule has 1 unspecified atom stereocenters. The Morgan fingerprint density at radius 1 is 1.38 bits per heavy atom. The summed E-state index contributed by atoms with van der Waals surface area (Å²) in [6.45, 7) is -0.231. The van der Waals surface area contributed by atoms with E-state index in [0.29, 0.717) is 31.7 Å². The first-order chi connectivity index (χ1) is 10.8. The molecule has 1 fully saturated rings. The Balaban J connectivity index is 0.00000288. The van der Waals surface area contributed by atoms with Crippen molar-refractivity contribution in [2.45, 2.75) is 25.1 Å². The number of nitrogens with two attached hydrogens (primary N) is 1. The summed E-state index contributed by atoms with van der Waals surface area (Å²) in [5.41, 5.74) is 6.29. The van der Waals surface area contributed by atoms with Crippen LogP contribution in [0.3, 0.4) is 0 Å². The highest BCUT2D eigenvalue weighted by Crippen LogP contribution is 2.23. The third-order valence-corrected chi connectivity index (χ3v) is 3.58. The number of carbonyl (C=O) groups is 1. The summed E-state index contributed by atoms with van der Waals surface area (Å²) in [5, 5.41) is 2.61. The van der Waals surface area contributed by atoms with E-state index in [1.807, 2.05) is 0 Å². The molecule has 5 nitrogen and oxygen atoms in total. The second-order valence-corrected chi connectivity index (χ2v) is 5.40. The minimum Gasteiger partial charge on any atom is -0.484 e. The first-order valence-electron chi connectivity index (χ1n) is 7.29. The van der Waals surface area contributed by atoms with Crippen molar-refractivity contribution in [3.05, 3.63) is 24.3 Å². The fourth-order valence-electron chi connectivity index (χ4n) is 2.34. The highest BCUT2D eigenvalue weighted by molar-refractivity contribution is 5.95. The van der Waals surface area contributed by atoms with Crippen LogP contribution >= 0.6 is 12.4 Å². The summed E-state index contributed by atoms with van der Waals surface area (Å²) >= 11 is 0. The lowest BCUT2D eigenvalue weighted by atomic mass is 9.92. The Hall–Kier alpha value is -1.51. The molecule has 1 atom stereocenters. The zero-order chi connectivity index (χ0) is 16.9. The summed E-state index contributed by atoms with van der Waals surface area (Å²) in [5.74, 6) is -0.307. The van der Waals surface area contributed by atoms with E-state index < -0.39 is 18.8 Å². The molecule has 2 rings (SSSR count). The molecule has 0 saturated carbocycles. The second-order valence-electron chi connectivity index (χ2n) is 5.40. The van der Waals surface area contributed by atoms with Gasteiger partial charge in [-0.2, -0.15) is 13.2 Å². The van der Waals surface area contributed by atoms with Crippen LogP contribution in [0, 0.1) is 5.92 Å². The van der Waals surface area contributed by atoms with Crippen LogP contribution in [0.15, 0.2) is 24.3 Å². The minimum atomic E-state index is -4.41. The summed E-state index contributed by atoms with van der Waals surface area (Å²) in [4.78, 5) is 12.1. The highest BCUT2D eigenvalue weighted by Gasteiger charge is 2.29. The number of anilines is 1. The van der Waals surface area contributed by atoms with E-state index in [-0.39, 0.29) is 30.0 Å². The molecule has 1 aliphatic heterocycles. The SMILES string of the molecule is Cl.NC(C(=O)Nc1cccc(OCC(F)(F)F)c1)C1CCOCC1. The summed E-state index contributed by atoms with van der Waals surface area (Å²) in [7, 11) is 0. The molecule has 1 aliphatic rings. The number of ether oxygens (including phenoxy) is 2. The molecule has 1 amide bonds. The van der Waals surface area contributed by atoms with Crippen molar-refractivity contribution < 1.29 is 27.4 Å². The topological polar surface area (TPSA) is 73.6 Å². The van der Waals surface area contributed by atoms with Gasteiger partial charge < -0.3 is 20.5 Å².